The Labute approximate surface area is 92.4 Å². The molecule has 0 saturated carbocycles. The van der Waals surface area contributed by atoms with Crippen molar-refractivity contribution in [3.63, 3.8) is 0 Å². The summed E-state index contributed by atoms with van der Waals surface area (Å²) in [4.78, 5) is 2.12. The minimum Gasteiger partial charge on any atom is -0.305 e. The zero-order chi connectivity index (χ0) is 8.27. The average Bonchev–Trinajstić information content (AvgIpc) is 1.85. The first kappa shape index (κ1) is 12.1. The quantitative estimate of drug-likeness (QED) is 0.750. The van der Waals surface area contributed by atoms with Crippen molar-refractivity contribution in [3.8, 4) is 0 Å². The first-order chi connectivity index (χ1) is 5.18. The van der Waals surface area contributed by atoms with Gasteiger partial charge in [0.25, 0.3) is 0 Å². The number of benzene rings is 1. The number of nitrogens with zero attached hydrogens (tertiary/aromatic N) is 1. The predicted octanol–water partition coefficient (Wildman–Crippen LogP) is 2.40. The van der Waals surface area contributed by atoms with Gasteiger partial charge in [0, 0.05) is 32.0 Å². The molecule has 0 amide bonds. The molecular weight excluding hydrogens is 264 g/mol. The molecule has 0 unspecified atom stereocenters. The van der Waals surface area contributed by atoms with Crippen LogP contribution >= 0.6 is 11.6 Å². The maximum Gasteiger partial charge on any atom is 0.0409 e. The molecule has 0 atom stereocenters. The number of hydrogen-bond acceptors (Lipinski definition) is 1. The van der Waals surface area contributed by atoms with Crippen molar-refractivity contribution in [2.75, 3.05) is 14.1 Å². The number of hydrogen-bond donors (Lipinski definition) is 0. The van der Waals surface area contributed by atoms with Crippen LogP contribution in [-0.4, -0.2) is 19.0 Å². The summed E-state index contributed by atoms with van der Waals surface area (Å²) in [6, 6.07) is 7.93. The SMILES string of the molecule is CN(C)Cc1cccc(Cl)c1.[Pd]. The third-order valence-corrected chi connectivity index (χ3v) is 1.62. The van der Waals surface area contributed by atoms with E-state index >= 15 is 0 Å². The molecule has 3 heteroatoms. The molecule has 0 heterocycles. The fourth-order valence-corrected chi connectivity index (χ4v) is 1.21. The van der Waals surface area contributed by atoms with E-state index < -0.39 is 0 Å². The van der Waals surface area contributed by atoms with E-state index in [1.54, 1.807) is 0 Å². The van der Waals surface area contributed by atoms with Crippen LogP contribution in [0.5, 0.6) is 0 Å². The molecule has 0 aliphatic heterocycles. The Morgan fingerprint density at radius 2 is 2.00 bits per heavy atom. The molecule has 12 heavy (non-hydrogen) atoms. The number of rotatable bonds is 2. The van der Waals surface area contributed by atoms with Crippen LogP contribution in [0.15, 0.2) is 24.3 Å². The van der Waals surface area contributed by atoms with Crippen molar-refractivity contribution in [2.24, 2.45) is 0 Å². The van der Waals surface area contributed by atoms with Crippen molar-refractivity contribution in [1.82, 2.24) is 4.90 Å². The molecular formula is C9H12ClNPd. The largest absolute Gasteiger partial charge is 0.305 e. The van der Waals surface area contributed by atoms with Crippen LogP contribution in [0.1, 0.15) is 5.56 Å². The summed E-state index contributed by atoms with van der Waals surface area (Å²) in [6.07, 6.45) is 0. The number of halogens is 1. The van der Waals surface area contributed by atoms with E-state index in [9.17, 15) is 0 Å². The zero-order valence-electron chi connectivity index (χ0n) is 7.16. The Balaban J connectivity index is 0.00000121. The van der Waals surface area contributed by atoms with Crippen molar-refractivity contribution in [3.05, 3.63) is 34.9 Å². The summed E-state index contributed by atoms with van der Waals surface area (Å²) in [5.41, 5.74) is 1.25. The summed E-state index contributed by atoms with van der Waals surface area (Å²) in [6.45, 7) is 0.945. The van der Waals surface area contributed by atoms with Gasteiger partial charge in [-0.1, -0.05) is 23.7 Å². The van der Waals surface area contributed by atoms with Gasteiger partial charge in [0.15, 0.2) is 0 Å². The van der Waals surface area contributed by atoms with Gasteiger partial charge in [-0.2, -0.15) is 0 Å². The predicted molar refractivity (Wildman–Crippen MR) is 48.8 cm³/mol. The van der Waals surface area contributed by atoms with Gasteiger partial charge in [-0.25, -0.2) is 0 Å². The van der Waals surface area contributed by atoms with Crippen molar-refractivity contribution < 1.29 is 20.4 Å². The second-order valence-corrected chi connectivity index (χ2v) is 3.30. The molecule has 0 radical (unpaired) electrons. The maximum atomic E-state index is 5.81. The van der Waals surface area contributed by atoms with Crippen LogP contribution in [0.25, 0.3) is 0 Å². The molecule has 0 fully saturated rings. The third-order valence-electron chi connectivity index (χ3n) is 1.39. The van der Waals surface area contributed by atoms with E-state index in [-0.39, 0.29) is 20.4 Å². The first-order valence-corrected chi connectivity index (χ1v) is 3.95. The summed E-state index contributed by atoms with van der Waals surface area (Å²) in [7, 11) is 4.09. The van der Waals surface area contributed by atoms with E-state index in [0.717, 1.165) is 11.6 Å². The second-order valence-electron chi connectivity index (χ2n) is 2.87. The fourth-order valence-electron chi connectivity index (χ4n) is 1.00. The minimum absolute atomic E-state index is 0. The molecule has 0 spiro atoms. The first-order valence-electron chi connectivity index (χ1n) is 3.57. The minimum atomic E-state index is 0. The van der Waals surface area contributed by atoms with Gasteiger partial charge in [0.2, 0.25) is 0 Å². The fraction of sp³-hybridized carbons (Fsp3) is 0.333. The summed E-state index contributed by atoms with van der Waals surface area (Å²) in [5, 5.41) is 0.810. The Hall–Kier alpha value is 0.132. The van der Waals surface area contributed by atoms with E-state index in [0.29, 0.717) is 0 Å². The zero-order valence-corrected chi connectivity index (χ0v) is 9.47. The molecule has 0 aliphatic rings. The van der Waals surface area contributed by atoms with Crippen LogP contribution in [0.4, 0.5) is 0 Å². The smallest absolute Gasteiger partial charge is 0.0409 e. The topological polar surface area (TPSA) is 3.24 Å². The Morgan fingerprint density at radius 1 is 1.33 bits per heavy atom. The van der Waals surface area contributed by atoms with Crippen LogP contribution in [-0.2, 0) is 27.0 Å². The molecule has 0 aromatic heterocycles. The summed E-state index contributed by atoms with van der Waals surface area (Å²) < 4.78 is 0. The van der Waals surface area contributed by atoms with E-state index in [1.165, 1.54) is 5.56 Å². The third kappa shape index (κ3) is 4.23. The average molecular weight is 276 g/mol. The summed E-state index contributed by atoms with van der Waals surface area (Å²) in [5.74, 6) is 0. The van der Waals surface area contributed by atoms with Gasteiger partial charge in [-0.15, -0.1) is 0 Å². The molecule has 0 bridgehead atoms. The van der Waals surface area contributed by atoms with Crippen LogP contribution < -0.4 is 0 Å². The molecule has 0 N–H and O–H groups in total. The molecule has 70 valence electrons. The standard InChI is InChI=1S/C9H12ClN.Pd/c1-11(2)7-8-4-3-5-9(10)6-8;/h3-6H,7H2,1-2H3;. The molecule has 1 rings (SSSR count). The Bertz CT molecular complexity index is 238. The Kier molecular flexibility index (Phi) is 5.79. The van der Waals surface area contributed by atoms with Crippen LogP contribution in [0.3, 0.4) is 0 Å². The second kappa shape index (κ2) is 5.72. The molecule has 0 saturated heterocycles. The van der Waals surface area contributed by atoms with Crippen molar-refractivity contribution >= 4 is 11.6 Å². The van der Waals surface area contributed by atoms with Gasteiger partial charge < -0.3 is 4.90 Å². The van der Waals surface area contributed by atoms with Crippen LogP contribution in [0, 0.1) is 0 Å². The van der Waals surface area contributed by atoms with E-state index in [2.05, 4.69) is 11.0 Å². The molecule has 1 aromatic carbocycles. The van der Waals surface area contributed by atoms with E-state index in [4.69, 9.17) is 11.6 Å². The van der Waals surface area contributed by atoms with Crippen LogP contribution in [0.2, 0.25) is 5.02 Å². The van der Waals surface area contributed by atoms with Crippen molar-refractivity contribution in [1.29, 1.82) is 0 Å². The Morgan fingerprint density at radius 3 is 2.50 bits per heavy atom. The van der Waals surface area contributed by atoms with Gasteiger partial charge in [0.05, 0.1) is 0 Å². The monoisotopic (exact) mass is 275 g/mol. The van der Waals surface area contributed by atoms with Gasteiger partial charge >= 0.3 is 0 Å². The normalized spacial score (nSPS) is 9.67. The maximum absolute atomic E-state index is 5.81. The van der Waals surface area contributed by atoms with Gasteiger partial charge in [-0.3, -0.25) is 0 Å². The summed E-state index contributed by atoms with van der Waals surface area (Å²) >= 11 is 5.81. The molecule has 1 aromatic rings. The van der Waals surface area contributed by atoms with Gasteiger partial charge in [0.1, 0.15) is 0 Å². The molecule has 0 aliphatic carbocycles. The van der Waals surface area contributed by atoms with E-state index in [1.807, 2.05) is 32.3 Å². The van der Waals surface area contributed by atoms with Crippen molar-refractivity contribution in [2.45, 2.75) is 6.54 Å². The van der Waals surface area contributed by atoms with Gasteiger partial charge in [-0.05, 0) is 31.8 Å². The molecule has 1 nitrogen and oxygen atoms in total.